The number of amides is 2. The van der Waals surface area contributed by atoms with Crippen LogP contribution in [0, 0.1) is 11.8 Å². The molecule has 4 heteroatoms. The number of nitrogens with two attached hydrogens (primary N) is 1. The number of carbonyl (C=O) groups is 2. The van der Waals surface area contributed by atoms with E-state index >= 15 is 0 Å². The molecule has 2 atom stereocenters. The van der Waals surface area contributed by atoms with Crippen molar-refractivity contribution in [1.82, 2.24) is 5.32 Å². The molecule has 4 nitrogen and oxygen atoms in total. The normalized spacial score (nSPS) is 20.6. The first-order valence-electron chi connectivity index (χ1n) is 6.59. The number of rotatable bonds is 5. The highest BCUT2D eigenvalue weighted by Crippen LogP contribution is 2.31. The van der Waals surface area contributed by atoms with Crippen LogP contribution < -0.4 is 11.1 Å². The zero-order chi connectivity index (χ0) is 12.8. The van der Waals surface area contributed by atoms with Crippen LogP contribution in [0.3, 0.4) is 0 Å². The fourth-order valence-electron chi connectivity index (χ4n) is 2.53. The molecule has 0 unspecified atom stereocenters. The average Bonchev–Trinajstić information content (AvgIpc) is 2.29. The van der Waals surface area contributed by atoms with Gasteiger partial charge in [-0.25, -0.2) is 0 Å². The highest BCUT2D eigenvalue weighted by Gasteiger charge is 2.23. The molecule has 1 rings (SSSR count). The van der Waals surface area contributed by atoms with Gasteiger partial charge in [-0.05, 0) is 18.8 Å². The summed E-state index contributed by atoms with van der Waals surface area (Å²) in [5, 5.41) is 2.64. The van der Waals surface area contributed by atoms with E-state index in [4.69, 9.17) is 5.73 Å². The summed E-state index contributed by atoms with van der Waals surface area (Å²) in [6.45, 7) is 3.75. The molecule has 0 bridgehead atoms. The summed E-state index contributed by atoms with van der Waals surface area (Å²) >= 11 is 0. The van der Waals surface area contributed by atoms with E-state index in [1.54, 1.807) is 6.92 Å². The van der Waals surface area contributed by atoms with Crippen molar-refractivity contribution in [3.63, 3.8) is 0 Å². The lowest BCUT2D eigenvalue weighted by atomic mass is 9.79. The molecule has 0 aromatic rings. The van der Waals surface area contributed by atoms with E-state index in [2.05, 4.69) is 12.2 Å². The van der Waals surface area contributed by atoms with Crippen molar-refractivity contribution in [3.05, 3.63) is 0 Å². The van der Waals surface area contributed by atoms with E-state index in [0.29, 0.717) is 18.3 Å². The van der Waals surface area contributed by atoms with Crippen LogP contribution in [0.4, 0.5) is 0 Å². The Hall–Kier alpha value is -1.06. The van der Waals surface area contributed by atoms with Gasteiger partial charge in [-0.1, -0.05) is 39.0 Å². The van der Waals surface area contributed by atoms with Gasteiger partial charge in [0.15, 0.2) is 0 Å². The fraction of sp³-hybridized carbons (Fsp3) is 0.846. The molecule has 0 heterocycles. The first kappa shape index (κ1) is 14.0. The third-order valence-electron chi connectivity index (χ3n) is 3.77. The largest absolute Gasteiger partial charge is 0.368 e. The molecule has 0 saturated heterocycles. The van der Waals surface area contributed by atoms with E-state index in [1.165, 1.54) is 32.1 Å². The molecular weight excluding hydrogens is 216 g/mol. The minimum absolute atomic E-state index is 0.0608. The number of carbonyl (C=O) groups excluding carboxylic acids is 2. The third-order valence-corrected chi connectivity index (χ3v) is 3.77. The van der Waals surface area contributed by atoms with Gasteiger partial charge in [0.25, 0.3) is 0 Å². The average molecular weight is 240 g/mol. The minimum atomic E-state index is -0.568. The predicted octanol–water partition coefficient (Wildman–Crippen LogP) is 1.58. The molecule has 0 radical (unpaired) electrons. The SMILES string of the molecule is C[C@@H](NC(=O)C[C@H](C)C1CCCCC1)C(N)=O. The van der Waals surface area contributed by atoms with Crippen molar-refractivity contribution in [1.29, 1.82) is 0 Å². The third kappa shape index (κ3) is 4.75. The lowest BCUT2D eigenvalue weighted by Crippen LogP contribution is -2.42. The second kappa shape index (κ2) is 6.62. The summed E-state index contributed by atoms with van der Waals surface area (Å²) < 4.78 is 0. The summed E-state index contributed by atoms with van der Waals surface area (Å²) in [5.41, 5.74) is 5.10. The van der Waals surface area contributed by atoms with Crippen LogP contribution in [0.1, 0.15) is 52.4 Å². The Bertz CT molecular complexity index is 273. The zero-order valence-electron chi connectivity index (χ0n) is 10.9. The summed E-state index contributed by atoms with van der Waals surface area (Å²) in [6.07, 6.45) is 6.87. The van der Waals surface area contributed by atoms with Crippen molar-refractivity contribution < 1.29 is 9.59 Å². The zero-order valence-corrected chi connectivity index (χ0v) is 10.9. The molecule has 0 spiro atoms. The molecular formula is C13H24N2O2. The van der Waals surface area contributed by atoms with Gasteiger partial charge in [-0.15, -0.1) is 0 Å². The van der Waals surface area contributed by atoms with Gasteiger partial charge in [0.05, 0.1) is 0 Å². The van der Waals surface area contributed by atoms with E-state index in [0.717, 1.165) is 0 Å². The Morgan fingerprint density at radius 1 is 1.24 bits per heavy atom. The Morgan fingerprint density at radius 2 is 1.82 bits per heavy atom. The maximum absolute atomic E-state index is 11.7. The first-order valence-corrected chi connectivity index (χ1v) is 6.59. The van der Waals surface area contributed by atoms with Crippen LogP contribution in [0.5, 0.6) is 0 Å². The lowest BCUT2D eigenvalue weighted by molar-refractivity contribution is -0.127. The van der Waals surface area contributed by atoms with E-state index in [1.807, 2.05) is 0 Å². The van der Waals surface area contributed by atoms with Crippen LogP contribution in [0.25, 0.3) is 0 Å². The Morgan fingerprint density at radius 3 is 2.35 bits per heavy atom. The van der Waals surface area contributed by atoms with Gasteiger partial charge in [-0.3, -0.25) is 9.59 Å². The van der Waals surface area contributed by atoms with Crippen LogP contribution in [-0.2, 0) is 9.59 Å². The van der Waals surface area contributed by atoms with Gasteiger partial charge < -0.3 is 11.1 Å². The first-order chi connectivity index (χ1) is 8.00. The highest BCUT2D eigenvalue weighted by atomic mass is 16.2. The minimum Gasteiger partial charge on any atom is -0.368 e. The van der Waals surface area contributed by atoms with E-state index in [-0.39, 0.29) is 5.91 Å². The van der Waals surface area contributed by atoms with Crippen LogP contribution in [-0.4, -0.2) is 17.9 Å². The number of hydrogen-bond donors (Lipinski definition) is 2. The summed E-state index contributed by atoms with van der Waals surface area (Å²) in [6, 6.07) is -0.568. The summed E-state index contributed by atoms with van der Waals surface area (Å²) in [7, 11) is 0. The van der Waals surface area contributed by atoms with Crippen molar-refractivity contribution in [2.24, 2.45) is 17.6 Å². The lowest BCUT2D eigenvalue weighted by Gasteiger charge is -2.27. The van der Waals surface area contributed by atoms with Crippen molar-refractivity contribution in [2.45, 2.75) is 58.4 Å². The van der Waals surface area contributed by atoms with E-state index < -0.39 is 11.9 Å². The Balaban J connectivity index is 2.31. The second-order valence-electron chi connectivity index (χ2n) is 5.27. The Kier molecular flexibility index (Phi) is 5.45. The van der Waals surface area contributed by atoms with Crippen LogP contribution in [0.15, 0.2) is 0 Å². The van der Waals surface area contributed by atoms with Gasteiger partial charge in [-0.2, -0.15) is 0 Å². The monoisotopic (exact) mass is 240 g/mol. The standard InChI is InChI=1S/C13H24N2O2/c1-9(11-6-4-3-5-7-11)8-12(16)15-10(2)13(14)17/h9-11H,3-8H2,1-2H3,(H2,14,17)(H,15,16)/t9-,10+/m0/s1. The Labute approximate surface area is 103 Å². The second-order valence-corrected chi connectivity index (χ2v) is 5.27. The molecule has 1 fully saturated rings. The number of hydrogen-bond acceptors (Lipinski definition) is 2. The smallest absolute Gasteiger partial charge is 0.239 e. The molecule has 0 aromatic carbocycles. The molecule has 1 aliphatic rings. The predicted molar refractivity (Wildman–Crippen MR) is 67.2 cm³/mol. The van der Waals surface area contributed by atoms with Gasteiger partial charge in [0.2, 0.25) is 11.8 Å². The van der Waals surface area contributed by atoms with Gasteiger partial charge in [0.1, 0.15) is 6.04 Å². The molecule has 98 valence electrons. The quantitative estimate of drug-likeness (QED) is 0.766. The maximum Gasteiger partial charge on any atom is 0.239 e. The van der Waals surface area contributed by atoms with Crippen molar-refractivity contribution >= 4 is 11.8 Å². The maximum atomic E-state index is 11.7. The topological polar surface area (TPSA) is 72.2 Å². The number of primary amides is 1. The van der Waals surface area contributed by atoms with Gasteiger partial charge >= 0.3 is 0 Å². The summed E-state index contributed by atoms with van der Waals surface area (Å²) in [5.74, 6) is 0.520. The molecule has 0 aliphatic heterocycles. The molecule has 17 heavy (non-hydrogen) atoms. The molecule has 3 N–H and O–H groups in total. The van der Waals surface area contributed by atoms with Crippen molar-refractivity contribution in [2.75, 3.05) is 0 Å². The van der Waals surface area contributed by atoms with Gasteiger partial charge in [0, 0.05) is 6.42 Å². The summed E-state index contributed by atoms with van der Waals surface area (Å²) in [4.78, 5) is 22.5. The number of nitrogens with one attached hydrogen (secondary N) is 1. The van der Waals surface area contributed by atoms with Crippen LogP contribution >= 0.6 is 0 Å². The fourth-order valence-corrected chi connectivity index (χ4v) is 2.53. The highest BCUT2D eigenvalue weighted by molar-refractivity contribution is 5.86. The molecule has 1 aliphatic carbocycles. The molecule has 2 amide bonds. The molecule has 1 saturated carbocycles. The molecule has 0 aromatic heterocycles. The van der Waals surface area contributed by atoms with E-state index in [9.17, 15) is 9.59 Å². The van der Waals surface area contributed by atoms with Crippen molar-refractivity contribution in [3.8, 4) is 0 Å². The van der Waals surface area contributed by atoms with Crippen LogP contribution in [0.2, 0.25) is 0 Å².